The van der Waals surface area contributed by atoms with Crippen LogP contribution < -0.4 is 4.74 Å². The van der Waals surface area contributed by atoms with Gasteiger partial charge in [-0.15, -0.1) is 0 Å². The summed E-state index contributed by atoms with van der Waals surface area (Å²) < 4.78 is 20.4. The summed E-state index contributed by atoms with van der Waals surface area (Å²) in [5, 5.41) is 13.6. The number of aromatic nitrogens is 1. The summed E-state index contributed by atoms with van der Waals surface area (Å²) in [6.45, 7) is 2.13. The van der Waals surface area contributed by atoms with Crippen molar-refractivity contribution < 1.29 is 33.4 Å². The quantitative estimate of drug-likeness (QED) is 0.540. The zero-order chi connectivity index (χ0) is 22.2. The van der Waals surface area contributed by atoms with Gasteiger partial charge in [-0.1, -0.05) is 35.5 Å². The van der Waals surface area contributed by atoms with Crippen molar-refractivity contribution in [3.05, 3.63) is 71.4 Å². The molecule has 160 valence electrons. The molecule has 0 atom stereocenters. The third-order valence-electron chi connectivity index (χ3n) is 4.20. The number of hydrogen-bond donors (Lipinski definition) is 1. The smallest absolute Gasteiger partial charge is 0.360 e. The van der Waals surface area contributed by atoms with E-state index in [1.54, 1.807) is 25.1 Å². The van der Waals surface area contributed by atoms with Crippen molar-refractivity contribution in [1.82, 2.24) is 5.16 Å². The molecule has 0 radical (unpaired) electrons. The maximum absolute atomic E-state index is 11.8. The van der Waals surface area contributed by atoms with Gasteiger partial charge in [0.2, 0.25) is 0 Å². The molecule has 2 aromatic carbocycles. The number of ether oxygens (including phenoxy) is 3. The highest BCUT2D eigenvalue weighted by Crippen LogP contribution is 2.28. The molecular formula is C23H21NO7. The number of rotatable bonds is 8. The molecule has 1 N–H and O–H groups in total. The molecule has 0 unspecified atom stereocenters. The number of benzene rings is 2. The largest absolute Gasteiger partial charge is 0.507 e. The molecule has 0 fully saturated rings. The van der Waals surface area contributed by atoms with E-state index in [-0.39, 0.29) is 36.0 Å². The Hall–Kier alpha value is -4.07. The molecule has 8 heteroatoms. The van der Waals surface area contributed by atoms with Crippen LogP contribution in [0.4, 0.5) is 0 Å². The third kappa shape index (κ3) is 5.30. The molecule has 0 aliphatic heterocycles. The predicted molar refractivity (Wildman–Crippen MR) is 112 cm³/mol. The summed E-state index contributed by atoms with van der Waals surface area (Å²) in [4.78, 5) is 23.6. The Balaban J connectivity index is 1.68. The minimum atomic E-state index is -0.681. The van der Waals surface area contributed by atoms with E-state index in [2.05, 4.69) is 9.89 Å². The molecule has 8 nitrogen and oxygen atoms in total. The van der Waals surface area contributed by atoms with Crippen molar-refractivity contribution in [3.63, 3.8) is 0 Å². The van der Waals surface area contributed by atoms with E-state index in [1.165, 1.54) is 19.2 Å². The van der Waals surface area contributed by atoms with E-state index in [0.29, 0.717) is 5.76 Å². The third-order valence-corrected chi connectivity index (χ3v) is 4.20. The van der Waals surface area contributed by atoms with E-state index in [9.17, 15) is 14.7 Å². The minimum Gasteiger partial charge on any atom is -0.507 e. The second-order valence-electron chi connectivity index (χ2n) is 6.28. The summed E-state index contributed by atoms with van der Waals surface area (Å²) >= 11 is 0. The topological polar surface area (TPSA) is 108 Å². The van der Waals surface area contributed by atoms with E-state index in [4.69, 9.17) is 14.0 Å². The molecule has 1 aromatic heterocycles. The highest BCUT2D eigenvalue weighted by molar-refractivity contribution is 5.95. The van der Waals surface area contributed by atoms with E-state index >= 15 is 0 Å². The molecule has 0 saturated carbocycles. The van der Waals surface area contributed by atoms with Gasteiger partial charge < -0.3 is 23.8 Å². The molecule has 3 aromatic rings. The molecule has 0 spiro atoms. The van der Waals surface area contributed by atoms with Crippen molar-refractivity contribution in [2.45, 2.75) is 6.92 Å². The standard InChI is InChI=1S/C23H21NO7/c1-3-29-22(26)17-14-20(31-24-17)16-9-4-7-15(13-16)8-6-12-30-19-11-5-10-18(25)21(19)23(27)28-2/h4-11,13-14,25H,3,12H2,1-2H3. The number of aromatic hydroxyl groups is 1. The molecule has 31 heavy (non-hydrogen) atoms. The Morgan fingerprint density at radius 3 is 2.71 bits per heavy atom. The van der Waals surface area contributed by atoms with Gasteiger partial charge in [-0.25, -0.2) is 9.59 Å². The summed E-state index contributed by atoms with van der Waals surface area (Å²) in [5.74, 6) is -0.770. The maximum atomic E-state index is 11.8. The second-order valence-corrected chi connectivity index (χ2v) is 6.28. The highest BCUT2D eigenvalue weighted by atomic mass is 16.5. The molecule has 0 aliphatic rings. The number of phenols is 1. The fraction of sp³-hybridized carbons (Fsp3) is 0.174. The maximum Gasteiger partial charge on any atom is 0.360 e. The fourth-order valence-electron chi connectivity index (χ4n) is 2.78. The summed E-state index contributed by atoms with van der Waals surface area (Å²) in [5.41, 5.74) is 1.69. The Morgan fingerprint density at radius 1 is 1.13 bits per heavy atom. The van der Waals surface area contributed by atoms with Crippen LogP contribution in [0.25, 0.3) is 17.4 Å². The minimum absolute atomic E-state index is 0.0249. The first-order valence-electron chi connectivity index (χ1n) is 9.47. The van der Waals surface area contributed by atoms with E-state index in [0.717, 1.165) is 11.1 Å². The van der Waals surface area contributed by atoms with Crippen LogP contribution in [0.5, 0.6) is 11.5 Å². The lowest BCUT2D eigenvalue weighted by molar-refractivity contribution is 0.0513. The molecule has 0 bridgehead atoms. The first-order valence-corrected chi connectivity index (χ1v) is 9.47. The van der Waals surface area contributed by atoms with Crippen LogP contribution in [0, 0.1) is 0 Å². The van der Waals surface area contributed by atoms with Gasteiger partial charge in [0.15, 0.2) is 11.5 Å². The lowest BCUT2D eigenvalue weighted by Crippen LogP contribution is -2.06. The van der Waals surface area contributed by atoms with Gasteiger partial charge in [-0.2, -0.15) is 0 Å². The zero-order valence-corrected chi connectivity index (χ0v) is 17.0. The van der Waals surface area contributed by atoms with E-state index in [1.807, 2.05) is 30.3 Å². The molecular weight excluding hydrogens is 402 g/mol. The molecule has 0 saturated heterocycles. The van der Waals surface area contributed by atoms with Crippen LogP contribution in [0.15, 0.2) is 59.1 Å². The van der Waals surface area contributed by atoms with Crippen LogP contribution in [0.2, 0.25) is 0 Å². The van der Waals surface area contributed by atoms with Crippen molar-refractivity contribution in [2.75, 3.05) is 20.3 Å². The van der Waals surface area contributed by atoms with Crippen LogP contribution in [-0.2, 0) is 9.47 Å². The predicted octanol–water partition coefficient (Wildman–Crippen LogP) is 4.10. The van der Waals surface area contributed by atoms with Gasteiger partial charge in [0.1, 0.15) is 23.7 Å². The van der Waals surface area contributed by atoms with Gasteiger partial charge in [-0.05, 0) is 36.8 Å². The lowest BCUT2D eigenvalue weighted by atomic mass is 10.1. The van der Waals surface area contributed by atoms with Gasteiger partial charge >= 0.3 is 11.9 Å². The number of phenolic OH excluding ortho intramolecular Hbond substituents is 1. The van der Waals surface area contributed by atoms with Gasteiger partial charge in [0.05, 0.1) is 13.7 Å². The number of carbonyl (C=O) groups excluding carboxylic acids is 2. The summed E-state index contributed by atoms with van der Waals surface area (Å²) in [6, 6.07) is 13.5. The highest BCUT2D eigenvalue weighted by Gasteiger charge is 2.18. The normalized spacial score (nSPS) is 10.8. The van der Waals surface area contributed by atoms with Gasteiger partial charge in [0, 0.05) is 11.6 Å². The SMILES string of the molecule is CCOC(=O)c1cc(-c2cccc(C=CCOc3cccc(O)c3C(=O)OC)c2)on1. The summed E-state index contributed by atoms with van der Waals surface area (Å²) in [7, 11) is 1.23. The van der Waals surface area contributed by atoms with Gasteiger partial charge in [0.25, 0.3) is 0 Å². The van der Waals surface area contributed by atoms with Crippen molar-refractivity contribution >= 4 is 18.0 Å². The Kier molecular flexibility index (Phi) is 7.05. The Bertz CT molecular complexity index is 1100. The number of nitrogens with zero attached hydrogens (tertiary/aromatic N) is 1. The average molecular weight is 423 g/mol. The molecule has 0 amide bonds. The Morgan fingerprint density at radius 2 is 1.94 bits per heavy atom. The molecule has 0 aliphatic carbocycles. The van der Waals surface area contributed by atoms with Crippen LogP contribution in [0.1, 0.15) is 33.3 Å². The number of hydrogen-bond acceptors (Lipinski definition) is 8. The van der Waals surface area contributed by atoms with Gasteiger partial charge in [-0.3, -0.25) is 0 Å². The van der Waals surface area contributed by atoms with Crippen LogP contribution in [0.3, 0.4) is 0 Å². The number of methoxy groups -OCH3 is 1. The van der Waals surface area contributed by atoms with Crippen molar-refractivity contribution in [3.8, 4) is 22.8 Å². The first-order chi connectivity index (χ1) is 15.0. The van der Waals surface area contributed by atoms with Crippen LogP contribution >= 0.6 is 0 Å². The monoisotopic (exact) mass is 423 g/mol. The lowest BCUT2D eigenvalue weighted by Gasteiger charge is -2.09. The summed E-state index contributed by atoms with van der Waals surface area (Å²) in [6.07, 6.45) is 3.58. The fourth-order valence-corrected chi connectivity index (χ4v) is 2.78. The van der Waals surface area contributed by atoms with E-state index < -0.39 is 11.9 Å². The molecule has 3 rings (SSSR count). The Labute approximate surface area is 178 Å². The molecule has 1 heterocycles. The number of carbonyl (C=O) groups is 2. The second kappa shape index (κ2) is 10.1. The van der Waals surface area contributed by atoms with Crippen LogP contribution in [-0.4, -0.2) is 42.5 Å². The average Bonchev–Trinajstić information content (AvgIpc) is 3.27. The van der Waals surface area contributed by atoms with Crippen molar-refractivity contribution in [2.24, 2.45) is 0 Å². The number of esters is 2. The first kappa shape index (κ1) is 21.6. The van der Waals surface area contributed by atoms with Crippen molar-refractivity contribution in [1.29, 1.82) is 0 Å². The zero-order valence-electron chi connectivity index (χ0n) is 17.0.